The van der Waals surface area contributed by atoms with Crippen molar-refractivity contribution >= 4 is 23.4 Å². The van der Waals surface area contributed by atoms with E-state index in [0.717, 1.165) is 55.4 Å². The van der Waals surface area contributed by atoms with Crippen LogP contribution in [0.4, 0.5) is 11.6 Å². The van der Waals surface area contributed by atoms with Gasteiger partial charge in [0.1, 0.15) is 11.6 Å². The molecule has 1 aromatic heterocycles. The second-order valence-corrected chi connectivity index (χ2v) is 6.11. The molecule has 0 atom stereocenters. The molecule has 1 aromatic rings. The third-order valence-electron chi connectivity index (χ3n) is 3.62. The van der Waals surface area contributed by atoms with Gasteiger partial charge in [-0.05, 0) is 32.1 Å². The molecule has 1 aliphatic carbocycles. The van der Waals surface area contributed by atoms with Crippen molar-refractivity contribution in [1.82, 2.24) is 14.9 Å². The average Bonchev–Trinajstić information content (AvgIpc) is 3.34. The highest BCUT2D eigenvalue weighted by Gasteiger charge is 2.27. The molecule has 0 radical (unpaired) electrons. The number of nitrogens with zero attached hydrogens (tertiary/aromatic N) is 3. The summed E-state index contributed by atoms with van der Waals surface area (Å²) >= 11 is 1.58. The topological polar surface area (TPSA) is 53.1 Å². The van der Waals surface area contributed by atoms with Gasteiger partial charge >= 0.3 is 0 Å². The molecule has 0 saturated heterocycles. The second kappa shape index (κ2) is 8.44. The quantitative estimate of drug-likeness (QED) is 0.512. The van der Waals surface area contributed by atoms with Gasteiger partial charge in [0.05, 0.1) is 0 Å². The van der Waals surface area contributed by atoms with Crippen LogP contribution in [0.3, 0.4) is 0 Å². The summed E-state index contributed by atoms with van der Waals surface area (Å²) in [6.45, 7) is 8.48. The Balaban J connectivity index is 1.88. The first-order chi connectivity index (χ1) is 10.3. The zero-order valence-electron chi connectivity index (χ0n) is 13.4. The van der Waals surface area contributed by atoms with Crippen LogP contribution in [-0.4, -0.2) is 53.3 Å². The molecule has 1 heterocycles. The Morgan fingerprint density at radius 2 is 1.86 bits per heavy atom. The number of likely N-dealkylation sites (N-methyl/N-ethyl adjacent to an activating group) is 1. The fourth-order valence-corrected chi connectivity index (χ4v) is 2.70. The molecular formula is C15H27N5S. The van der Waals surface area contributed by atoms with Crippen molar-refractivity contribution in [3.8, 4) is 0 Å². The molecule has 2 N–H and O–H groups in total. The van der Waals surface area contributed by atoms with Gasteiger partial charge in [-0.2, -0.15) is 0 Å². The minimum atomic E-state index is 0.813. The van der Waals surface area contributed by atoms with Gasteiger partial charge in [-0.1, -0.05) is 25.6 Å². The number of hydrogen-bond acceptors (Lipinski definition) is 6. The monoisotopic (exact) mass is 309 g/mol. The van der Waals surface area contributed by atoms with Crippen LogP contribution in [0.15, 0.2) is 11.2 Å². The minimum absolute atomic E-state index is 0.813. The van der Waals surface area contributed by atoms with Crippen molar-refractivity contribution in [2.45, 2.75) is 44.3 Å². The fourth-order valence-electron chi connectivity index (χ4n) is 2.32. The standard InChI is InChI=1S/C15H27N5S/c1-4-8-16-13-11-14(19-15(18-13)21-3)17-9-10-20(5-2)12-6-7-12/h11-12H,4-10H2,1-3H3,(H2,16,17,18,19). The molecule has 0 aromatic carbocycles. The number of hydrogen-bond donors (Lipinski definition) is 2. The number of nitrogens with one attached hydrogen (secondary N) is 2. The van der Waals surface area contributed by atoms with Crippen LogP contribution in [0.2, 0.25) is 0 Å². The first-order valence-electron chi connectivity index (χ1n) is 7.91. The Kier molecular flexibility index (Phi) is 6.57. The predicted octanol–water partition coefficient (Wildman–Crippen LogP) is 2.92. The summed E-state index contributed by atoms with van der Waals surface area (Å²) in [6.07, 6.45) is 5.83. The SMILES string of the molecule is CCCNc1cc(NCCN(CC)C2CC2)nc(SC)n1. The molecule has 6 heteroatoms. The highest BCUT2D eigenvalue weighted by molar-refractivity contribution is 7.98. The molecular weight excluding hydrogens is 282 g/mol. The maximum absolute atomic E-state index is 4.53. The molecule has 0 aliphatic heterocycles. The number of aromatic nitrogens is 2. The lowest BCUT2D eigenvalue weighted by Crippen LogP contribution is -2.31. The average molecular weight is 309 g/mol. The van der Waals surface area contributed by atoms with Gasteiger partial charge in [-0.3, -0.25) is 4.90 Å². The third-order valence-corrected chi connectivity index (χ3v) is 4.17. The van der Waals surface area contributed by atoms with Crippen molar-refractivity contribution in [3.63, 3.8) is 0 Å². The molecule has 0 amide bonds. The van der Waals surface area contributed by atoms with E-state index in [-0.39, 0.29) is 0 Å². The predicted molar refractivity (Wildman–Crippen MR) is 91.4 cm³/mol. The first-order valence-corrected chi connectivity index (χ1v) is 9.14. The maximum Gasteiger partial charge on any atom is 0.191 e. The van der Waals surface area contributed by atoms with Gasteiger partial charge in [0, 0.05) is 31.7 Å². The zero-order chi connectivity index (χ0) is 15.1. The van der Waals surface area contributed by atoms with Gasteiger partial charge in [0.15, 0.2) is 5.16 Å². The largest absolute Gasteiger partial charge is 0.370 e. The van der Waals surface area contributed by atoms with Gasteiger partial charge < -0.3 is 10.6 Å². The van der Waals surface area contributed by atoms with E-state index in [9.17, 15) is 0 Å². The lowest BCUT2D eigenvalue weighted by Gasteiger charge is -2.20. The van der Waals surface area contributed by atoms with E-state index in [0.29, 0.717) is 0 Å². The fraction of sp³-hybridized carbons (Fsp3) is 0.733. The summed E-state index contributed by atoms with van der Waals surface area (Å²) in [5.74, 6) is 1.83. The van der Waals surface area contributed by atoms with Gasteiger partial charge in [-0.25, -0.2) is 9.97 Å². The van der Waals surface area contributed by atoms with Crippen LogP contribution in [0.25, 0.3) is 0 Å². The Labute approximate surface area is 132 Å². The second-order valence-electron chi connectivity index (χ2n) is 5.34. The number of anilines is 2. The molecule has 0 unspecified atom stereocenters. The summed E-state index contributed by atoms with van der Waals surface area (Å²) < 4.78 is 0. The Morgan fingerprint density at radius 3 is 2.38 bits per heavy atom. The lowest BCUT2D eigenvalue weighted by molar-refractivity contribution is 0.289. The summed E-state index contributed by atoms with van der Waals surface area (Å²) in [5, 5.41) is 7.58. The maximum atomic E-state index is 4.53. The Bertz CT molecular complexity index is 436. The van der Waals surface area contributed by atoms with Crippen molar-refractivity contribution in [2.75, 3.05) is 43.1 Å². The molecule has 1 fully saturated rings. The van der Waals surface area contributed by atoms with E-state index in [1.165, 1.54) is 12.8 Å². The smallest absolute Gasteiger partial charge is 0.191 e. The minimum Gasteiger partial charge on any atom is -0.370 e. The summed E-state index contributed by atoms with van der Waals surface area (Å²) in [7, 11) is 0. The first kappa shape index (κ1) is 16.4. The lowest BCUT2D eigenvalue weighted by atomic mass is 10.4. The van der Waals surface area contributed by atoms with E-state index in [1.807, 2.05) is 12.3 Å². The molecule has 0 bridgehead atoms. The van der Waals surface area contributed by atoms with Gasteiger partial charge in [0.2, 0.25) is 0 Å². The van der Waals surface area contributed by atoms with Crippen molar-refractivity contribution < 1.29 is 0 Å². The van der Waals surface area contributed by atoms with Crippen molar-refractivity contribution in [3.05, 3.63) is 6.07 Å². The van der Waals surface area contributed by atoms with Crippen LogP contribution in [0, 0.1) is 0 Å². The Morgan fingerprint density at radius 1 is 1.19 bits per heavy atom. The molecule has 5 nitrogen and oxygen atoms in total. The van der Waals surface area contributed by atoms with E-state index in [1.54, 1.807) is 11.8 Å². The summed E-state index contributed by atoms with van der Waals surface area (Å²) in [4.78, 5) is 11.5. The van der Waals surface area contributed by atoms with Crippen molar-refractivity contribution in [1.29, 1.82) is 0 Å². The third kappa shape index (κ3) is 5.36. The molecule has 21 heavy (non-hydrogen) atoms. The van der Waals surface area contributed by atoms with Crippen LogP contribution in [0.5, 0.6) is 0 Å². The molecule has 118 valence electrons. The van der Waals surface area contributed by atoms with Gasteiger partial charge in [0.25, 0.3) is 0 Å². The molecule has 0 spiro atoms. The van der Waals surface area contributed by atoms with Crippen LogP contribution in [0.1, 0.15) is 33.1 Å². The Hall–Kier alpha value is -1.01. The zero-order valence-corrected chi connectivity index (χ0v) is 14.2. The highest BCUT2D eigenvalue weighted by atomic mass is 32.2. The van der Waals surface area contributed by atoms with Crippen LogP contribution in [-0.2, 0) is 0 Å². The van der Waals surface area contributed by atoms with E-state index in [4.69, 9.17) is 0 Å². The van der Waals surface area contributed by atoms with E-state index in [2.05, 4.69) is 39.3 Å². The number of rotatable bonds is 10. The van der Waals surface area contributed by atoms with E-state index < -0.39 is 0 Å². The molecule has 2 rings (SSSR count). The highest BCUT2D eigenvalue weighted by Crippen LogP contribution is 2.26. The molecule has 1 saturated carbocycles. The summed E-state index contributed by atoms with van der Waals surface area (Å²) in [6, 6.07) is 2.83. The number of thioether (sulfide) groups is 1. The molecule has 1 aliphatic rings. The van der Waals surface area contributed by atoms with Crippen LogP contribution < -0.4 is 10.6 Å². The van der Waals surface area contributed by atoms with Gasteiger partial charge in [-0.15, -0.1) is 0 Å². The van der Waals surface area contributed by atoms with E-state index >= 15 is 0 Å². The normalized spacial score (nSPS) is 14.5. The van der Waals surface area contributed by atoms with Crippen molar-refractivity contribution in [2.24, 2.45) is 0 Å². The summed E-state index contributed by atoms with van der Waals surface area (Å²) in [5.41, 5.74) is 0. The van der Waals surface area contributed by atoms with Crippen LogP contribution >= 0.6 is 11.8 Å².